The summed E-state index contributed by atoms with van der Waals surface area (Å²) in [5.74, 6) is 0.0621. The van der Waals surface area contributed by atoms with Crippen molar-refractivity contribution in [2.24, 2.45) is 0 Å². The van der Waals surface area contributed by atoms with Gasteiger partial charge in [-0.1, -0.05) is 6.07 Å². The highest BCUT2D eigenvalue weighted by Gasteiger charge is 2.10. The van der Waals surface area contributed by atoms with E-state index in [1.54, 1.807) is 24.3 Å². The number of rotatable bonds is 5. The van der Waals surface area contributed by atoms with Gasteiger partial charge in [-0.2, -0.15) is 0 Å². The maximum atomic E-state index is 13.2. The maximum Gasteiger partial charge on any atom is 0.128 e. The SMILES string of the molecule is C[C@@H](O)c1ccc(F)cc1OCCc1cccs1. The van der Waals surface area contributed by atoms with Crippen molar-refractivity contribution in [2.45, 2.75) is 19.4 Å². The van der Waals surface area contributed by atoms with E-state index in [9.17, 15) is 9.50 Å². The van der Waals surface area contributed by atoms with Crippen LogP contribution in [0.3, 0.4) is 0 Å². The second-order valence-corrected chi connectivity index (χ2v) is 5.07. The quantitative estimate of drug-likeness (QED) is 0.896. The summed E-state index contributed by atoms with van der Waals surface area (Å²) in [6.45, 7) is 2.11. The highest BCUT2D eigenvalue weighted by Crippen LogP contribution is 2.26. The van der Waals surface area contributed by atoms with Gasteiger partial charge >= 0.3 is 0 Å². The van der Waals surface area contributed by atoms with Gasteiger partial charge in [0.2, 0.25) is 0 Å². The van der Waals surface area contributed by atoms with Gasteiger partial charge in [0.05, 0.1) is 12.7 Å². The molecule has 0 aliphatic heterocycles. The molecule has 1 atom stereocenters. The second kappa shape index (κ2) is 5.98. The molecule has 0 bridgehead atoms. The van der Waals surface area contributed by atoms with Crippen LogP contribution in [0.4, 0.5) is 4.39 Å². The molecular weight excluding hydrogens is 251 g/mol. The van der Waals surface area contributed by atoms with Gasteiger partial charge in [-0.3, -0.25) is 0 Å². The molecule has 0 saturated heterocycles. The van der Waals surface area contributed by atoms with Crippen molar-refractivity contribution in [1.29, 1.82) is 0 Å². The molecule has 4 heteroatoms. The molecule has 1 heterocycles. The number of ether oxygens (including phenoxy) is 1. The first-order valence-corrected chi connectivity index (χ1v) is 6.67. The third-order valence-electron chi connectivity index (χ3n) is 2.61. The van der Waals surface area contributed by atoms with E-state index in [4.69, 9.17) is 4.74 Å². The van der Waals surface area contributed by atoms with Crippen molar-refractivity contribution in [3.63, 3.8) is 0 Å². The summed E-state index contributed by atoms with van der Waals surface area (Å²) in [4.78, 5) is 1.23. The summed E-state index contributed by atoms with van der Waals surface area (Å²) in [5.41, 5.74) is 0.613. The zero-order valence-corrected chi connectivity index (χ0v) is 10.9. The summed E-state index contributed by atoms with van der Waals surface area (Å²) >= 11 is 1.67. The van der Waals surface area contributed by atoms with Crippen LogP contribution in [0.1, 0.15) is 23.5 Å². The molecule has 2 aromatic rings. The third kappa shape index (κ3) is 3.31. The third-order valence-corrected chi connectivity index (χ3v) is 3.55. The fourth-order valence-corrected chi connectivity index (χ4v) is 2.38. The van der Waals surface area contributed by atoms with E-state index >= 15 is 0 Å². The average Bonchev–Trinajstić information content (AvgIpc) is 2.82. The molecule has 0 aliphatic rings. The predicted octanol–water partition coefficient (Wildman–Crippen LogP) is 3.56. The zero-order chi connectivity index (χ0) is 13.0. The van der Waals surface area contributed by atoms with Gasteiger partial charge in [0.1, 0.15) is 11.6 Å². The van der Waals surface area contributed by atoms with E-state index in [1.165, 1.54) is 17.0 Å². The van der Waals surface area contributed by atoms with E-state index in [0.29, 0.717) is 17.9 Å². The van der Waals surface area contributed by atoms with Crippen LogP contribution in [0.5, 0.6) is 5.75 Å². The van der Waals surface area contributed by atoms with Crippen LogP contribution in [0, 0.1) is 5.82 Å². The topological polar surface area (TPSA) is 29.5 Å². The van der Waals surface area contributed by atoms with Gasteiger partial charge in [-0.15, -0.1) is 11.3 Å². The van der Waals surface area contributed by atoms with Crippen molar-refractivity contribution in [3.05, 3.63) is 52.0 Å². The normalized spacial score (nSPS) is 12.4. The largest absolute Gasteiger partial charge is 0.493 e. The minimum Gasteiger partial charge on any atom is -0.493 e. The molecule has 0 unspecified atom stereocenters. The summed E-state index contributed by atoms with van der Waals surface area (Å²) in [5, 5.41) is 11.6. The van der Waals surface area contributed by atoms with Gasteiger partial charge in [-0.25, -0.2) is 4.39 Å². The lowest BCUT2D eigenvalue weighted by atomic mass is 10.1. The zero-order valence-electron chi connectivity index (χ0n) is 10.1. The molecule has 0 amide bonds. The number of hydrogen-bond acceptors (Lipinski definition) is 3. The van der Waals surface area contributed by atoms with Gasteiger partial charge in [0.25, 0.3) is 0 Å². The minimum atomic E-state index is -0.665. The Kier molecular flexibility index (Phi) is 4.33. The molecule has 0 fully saturated rings. The van der Waals surface area contributed by atoms with Crippen LogP contribution in [0.15, 0.2) is 35.7 Å². The molecule has 2 nitrogen and oxygen atoms in total. The maximum absolute atomic E-state index is 13.2. The highest BCUT2D eigenvalue weighted by atomic mass is 32.1. The Labute approximate surface area is 110 Å². The molecule has 2 rings (SSSR count). The summed E-state index contributed by atoms with van der Waals surface area (Å²) in [7, 11) is 0. The minimum absolute atomic E-state index is 0.356. The van der Waals surface area contributed by atoms with Gasteiger partial charge in [0, 0.05) is 22.9 Å². The molecule has 18 heavy (non-hydrogen) atoms. The lowest BCUT2D eigenvalue weighted by Crippen LogP contribution is -2.04. The number of thiophene rings is 1. The van der Waals surface area contributed by atoms with Gasteiger partial charge in [-0.05, 0) is 30.5 Å². The standard InChI is InChI=1S/C14H15FO2S/c1-10(16)13-5-4-11(15)9-14(13)17-7-6-12-3-2-8-18-12/h2-5,8-10,16H,6-7H2,1H3/t10-/m1/s1. The number of halogens is 1. The number of aliphatic hydroxyl groups excluding tert-OH is 1. The monoisotopic (exact) mass is 266 g/mol. The Bertz CT molecular complexity index is 495. The Morgan fingerprint density at radius 3 is 2.89 bits per heavy atom. The van der Waals surface area contributed by atoms with E-state index in [2.05, 4.69) is 0 Å². The van der Waals surface area contributed by atoms with Crippen molar-refractivity contribution < 1.29 is 14.2 Å². The number of benzene rings is 1. The van der Waals surface area contributed by atoms with Crippen molar-refractivity contribution >= 4 is 11.3 Å². The molecule has 0 radical (unpaired) electrons. The lowest BCUT2D eigenvalue weighted by molar-refractivity contribution is 0.191. The molecular formula is C14H15FO2S. The van der Waals surface area contributed by atoms with E-state index in [-0.39, 0.29) is 5.82 Å². The lowest BCUT2D eigenvalue weighted by Gasteiger charge is -2.13. The summed E-state index contributed by atoms with van der Waals surface area (Å²) in [6, 6.07) is 8.23. The Morgan fingerprint density at radius 1 is 1.39 bits per heavy atom. The number of hydrogen-bond donors (Lipinski definition) is 1. The first-order valence-electron chi connectivity index (χ1n) is 5.79. The van der Waals surface area contributed by atoms with Crippen LogP contribution >= 0.6 is 11.3 Å². The van der Waals surface area contributed by atoms with E-state index in [1.807, 2.05) is 17.5 Å². The van der Waals surface area contributed by atoms with Crippen LogP contribution in [-0.2, 0) is 6.42 Å². The molecule has 0 spiro atoms. The Balaban J connectivity index is 2.01. The fraction of sp³-hybridized carbons (Fsp3) is 0.286. The Hall–Kier alpha value is -1.39. The van der Waals surface area contributed by atoms with Crippen LogP contribution in [0.2, 0.25) is 0 Å². The van der Waals surface area contributed by atoms with Crippen molar-refractivity contribution in [2.75, 3.05) is 6.61 Å². The molecule has 0 aliphatic carbocycles. The first-order chi connectivity index (χ1) is 8.66. The van der Waals surface area contributed by atoms with Gasteiger partial charge < -0.3 is 9.84 Å². The molecule has 1 aromatic heterocycles. The second-order valence-electron chi connectivity index (χ2n) is 4.04. The van der Waals surface area contributed by atoms with Crippen molar-refractivity contribution in [3.8, 4) is 5.75 Å². The molecule has 1 aromatic carbocycles. The highest BCUT2D eigenvalue weighted by molar-refractivity contribution is 7.09. The first kappa shape index (κ1) is 13.1. The molecule has 1 N–H and O–H groups in total. The average molecular weight is 266 g/mol. The predicted molar refractivity (Wildman–Crippen MR) is 70.6 cm³/mol. The van der Waals surface area contributed by atoms with E-state index in [0.717, 1.165) is 6.42 Å². The smallest absolute Gasteiger partial charge is 0.128 e. The molecule has 96 valence electrons. The fourth-order valence-electron chi connectivity index (χ4n) is 1.69. The van der Waals surface area contributed by atoms with Crippen LogP contribution < -0.4 is 4.74 Å². The summed E-state index contributed by atoms with van der Waals surface area (Å²) in [6.07, 6.45) is 0.121. The van der Waals surface area contributed by atoms with Gasteiger partial charge in [0.15, 0.2) is 0 Å². The molecule has 0 saturated carbocycles. The van der Waals surface area contributed by atoms with Crippen LogP contribution in [0.25, 0.3) is 0 Å². The summed E-state index contributed by atoms with van der Waals surface area (Å²) < 4.78 is 18.7. The van der Waals surface area contributed by atoms with E-state index < -0.39 is 6.10 Å². The van der Waals surface area contributed by atoms with Crippen LogP contribution in [-0.4, -0.2) is 11.7 Å². The number of aliphatic hydroxyl groups is 1. The van der Waals surface area contributed by atoms with Crippen molar-refractivity contribution in [1.82, 2.24) is 0 Å². The Morgan fingerprint density at radius 2 is 2.22 bits per heavy atom.